The van der Waals surface area contributed by atoms with Gasteiger partial charge in [-0.15, -0.1) is 0 Å². The van der Waals surface area contributed by atoms with E-state index in [0.29, 0.717) is 5.56 Å². The minimum atomic E-state index is -0.868. The molecule has 0 aliphatic heterocycles. The van der Waals surface area contributed by atoms with Crippen LogP contribution in [0.25, 0.3) is 0 Å². The quantitative estimate of drug-likeness (QED) is 0.818. The molecule has 110 valence electrons. The van der Waals surface area contributed by atoms with Gasteiger partial charge in [-0.1, -0.05) is 25.3 Å². The largest absolute Gasteiger partial charge is 0.339 e. The van der Waals surface area contributed by atoms with Crippen LogP contribution in [0, 0.1) is 17.6 Å². The highest BCUT2D eigenvalue weighted by molar-refractivity contribution is 5.79. The van der Waals surface area contributed by atoms with E-state index in [1.807, 2.05) is 6.92 Å². The van der Waals surface area contributed by atoms with Gasteiger partial charge in [0.25, 0.3) is 0 Å². The summed E-state index contributed by atoms with van der Waals surface area (Å²) >= 11 is 0. The molecule has 0 saturated heterocycles. The van der Waals surface area contributed by atoms with Crippen molar-refractivity contribution in [2.75, 3.05) is 7.05 Å². The second kappa shape index (κ2) is 6.33. The van der Waals surface area contributed by atoms with Crippen molar-refractivity contribution < 1.29 is 13.6 Å². The molecule has 4 heteroatoms. The second-order valence-corrected chi connectivity index (χ2v) is 5.63. The summed E-state index contributed by atoms with van der Waals surface area (Å²) in [7, 11) is 1.74. The zero-order chi connectivity index (χ0) is 14.7. The molecule has 1 amide bonds. The number of nitrogens with zero attached hydrogens (tertiary/aromatic N) is 1. The van der Waals surface area contributed by atoms with Crippen molar-refractivity contribution in [1.82, 2.24) is 4.90 Å². The second-order valence-electron chi connectivity index (χ2n) is 5.63. The lowest BCUT2D eigenvalue weighted by Crippen LogP contribution is -2.35. The smallest absolute Gasteiger partial charge is 0.225 e. The zero-order valence-electron chi connectivity index (χ0n) is 12.0. The number of halogens is 2. The van der Waals surface area contributed by atoms with Gasteiger partial charge in [0.2, 0.25) is 5.91 Å². The fourth-order valence-electron chi connectivity index (χ4n) is 2.82. The van der Waals surface area contributed by atoms with Crippen molar-refractivity contribution in [1.29, 1.82) is 0 Å². The fraction of sp³-hybridized carbons (Fsp3) is 0.562. The summed E-state index contributed by atoms with van der Waals surface area (Å²) in [5.74, 6) is -1.53. The van der Waals surface area contributed by atoms with Crippen LogP contribution in [0.15, 0.2) is 18.2 Å². The lowest BCUT2D eigenvalue weighted by Gasteiger charge is -2.31. The molecule has 2 rings (SSSR count). The molecule has 0 bridgehead atoms. The number of amides is 1. The van der Waals surface area contributed by atoms with Crippen LogP contribution in [-0.4, -0.2) is 17.9 Å². The van der Waals surface area contributed by atoms with E-state index in [0.717, 1.165) is 31.7 Å². The topological polar surface area (TPSA) is 20.3 Å². The summed E-state index contributed by atoms with van der Waals surface area (Å²) in [4.78, 5) is 14.1. The van der Waals surface area contributed by atoms with Gasteiger partial charge in [0, 0.05) is 13.0 Å². The van der Waals surface area contributed by atoms with E-state index in [2.05, 4.69) is 0 Å². The Kier molecular flexibility index (Phi) is 4.73. The van der Waals surface area contributed by atoms with Crippen LogP contribution in [0.3, 0.4) is 0 Å². The van der Waals surface area contributed by atoms with E-state index in [1.54, 1.807) is 11.9 Å². The third kappa shape index (κ3) is 3.17. The first-order valence-electron chi connectivity index (χ1n) is 7.22. The van der Waals surface area contributed by atoms with Gasteiger partial charge in [-0.3, -0.25) is 4.79 Å². The molecule has 1 unspecified atom stereocenters. The number of hydrogen-bond acceptors (Lipinski definition) is 1. The molecule has 0 heterocycles. The SMILES string of the molecule is CC(c1ccc(F)c(F)c1)N(C)C(=O)C1CCCCC1. The Hall–Kier alpha value is -1.45. The summed E-state index contributed by atoms with van der Waals surface area (Å²) in [6, 6.07) is 3.57. The first-order valence-corrected chi connectivity index (χ1v) is 7.22. The zero-order valence-corrected chi connectivity index (χ0v) is 12.0. The summed E-state index contributed by atoms with van der Waals surface area (Å²) in [6.45, 7) is 1.84. The van der Waals surface area contributed by atoms with E-state index in [9.17, 15) is 13.6 Å². The molecule has 1 aliphatic rings. The maximum Gasteiger partial charge on any atom is 0.225 e. The number of carbonyl (C=O) groups excluding carboxylic acids is 1. The van der Waals surface area contributed by atoms with E-state index in [1.165, 1.54) is 18.6 Å². The molecule has 2 nitrogen and oxygen atoms in total. The highest BCUT2D eigenvalue weighted by Gasteiger charge is 2.27. The van der Waals surface area contributed by atoms with Gasteiger partial charge in [0.05, 0.1) is 6.04 Å². The Bertz CT molecular complexity index is 483. The number of carbonyl (C=O) groups is 1. The Morgan fingerprint density at radius 3 is 2.45 bits per heavy atom. The van der Waals surface area contributed by atoms with Gasteiger partial charge in [-0.2, -0.15) is 0 Å². The molecule has 1 atom stereocenters. The standard InChI is InChI=1S/C16H21F2NO/c1-11(13-8-9-14(17)15(18)10-13)19(2)16(20)12-6-4-3-5-7-12/h8-12H,3-7H2,1-2H3. The minimum Gasteiger partial charge on any atom is -0.339 e. The Balaban J connectivity index is 2.08. The monoisotopic (exact) mass is 281 g/mol. The third-order valence-corrected chi connectivity index (χ3v) is 4.31. The molecule has 20 heavy (non-hydrogen) atoms. The lowest BCUT2D eigenvalue weighted by molar-refractivity contribution is -0.137. The average Bonchev–Trinajstić information content (AvgIpc) is 2.48. The molecule has 1 saturated carbocycles. The van der Waals surface area contributed by atoms with Crippen molar-refractivity contribution in [3.05, 3.63) is 35.4 Å². The Labute approximate surface area is 118 Å². The predicted octanol–water partition coefficient (Wildman–Crippen LogP) is 4.06. The molecule has 1 aromatic rings. The highest BCUT2D eigenvalue weighted by atomic mass is 19.2. The maximum absolute atomic E-state index is 13.3. The Morgan fingerprint density at radius 1 is 1.20 bits per heavy atom. The molecular weight excluding hydrogens is 260 g/mol. The van der Waals surface area contributed by atoms with Gasteiger partial charge in [0.15, 0.2) is 11.6 Å². The predicted molar refractivity (Wildman–Crippen MR) is 74.1 cm³/mol. The number of hydrogen-bond donors (Lipinski definition) is 0. The molecule has 0 radical (unpaired) electrons. The number of benzene rings is 1. The van der Waals surface area contributed by atoms with Crippen LogP contribution < -0.4 is 0 Å². The van der Waals surface area contributed by atoms with Crippen LogP contribution in [0.4, 0.5) is 8.78 Å². The van der Waals surface area contributed by atoms with Crippen molar-refractivity contribution >= 4 is 5.91 Å². The molecule has 1 aliphatic carbocycles. The average molecular weight is 281 g/mol. The van der Waals surface area contributed by atoms with E-state index < -0.39 is 11.6 Å². The normalized spacial score (nSPS) is 17.8. The summed E-state index contributed by atoms with van der Waals surface area (Å²) < 4.78 is 26.2. The van der Waals surface area contributed by atoms with Crippen molar-refractivity contribution in [2.24, 2.45) is 5.92 Å². The molecule has 0 N–H and O–H groups in total. The molecular formula is C16H21F2NO. The van der Waals surface area contributed by atoms with Crippen molar-refractivity contribution in [3.8, 4) is 0 Å². The maximum atomic E-state index is 13.3. The molecule has 0 aromatic heterocycles. The van der Waals surface area contributed by atoms with Crippen LogP contribution in [-0.2, 0) is 4.79 Å². The lowest BCUT2D eigenvalue weighted by atomic mass is 9.88. The van der Waals surface area contributed by atoms with E-state index >= 15 is 0 Å². The van der Waals surface area contributed by atoms with Gasteiger partial charge < -0.3 is 4.90 Å². The van der Waals surface area contributed by atoms with E-state index in [4.69, 9.17) is 0 Å². The minimum absolute atomic E-state index is 0.0847. The van der Waals surface area contributed by atoms with Gasteiger partial charge in [-0.25, -0.2) is 8.78 Å². The summed E-state index contributed by atoms with van der Waals surface area (Å²) in [5.41, 5.74) is 0.621. The van der Waals surface area contributed by atoms with Crippen LogP contribution in [0.1, 0.15) is 50.6 Å². The van der Waals surface area contributed by atoms with Crippen molar-refractivity contribution in [3.63, 3.8) is 0 Å². The van der Waals surface area contributed by atoms with Crippen LogP contribution in [0.5, 0.6) is 0 Å². The van der Waals surface area contributed by atoms with Crippen LogP contribution in [0.2, 0.25) is 0 Å². The molecule has 1 fully saturated rings. The van der Waals surface area contributed by atoms with Crippen molar-refractivity contribution in [2.45, 2.75) is 45.1 Å². The van der Waals surface area contributed by atoms with E-state index in [-0.39, 0.29) is 17.9 Å². The first-order chi connectivity index (χ1) is 9.50. The van der Waals surface area contributed by atoms with Gasteiger partial charge in [0.1, 0.15) is 0 Å². The highest BCUT2D eigenvalue weighted by Crippen LogP contribution is 2.28. The first kappa shape index (κ1) is 14.9. The van der Waals surface area contributed by atoms with Crippen LogP contribution >= 0.6 is 0 Å². The van der Waals surface area contributed by atoms with Gasteiger partial charge >= 0.3 is 0 Å². The van der Waals surface area contributed by atoms with Gasteiger partial charge in [-0.05, 0) is 37.5 Å². The summed E-state index contributed by atoms with van der Waals surface area (Å²) in [6.07, 6.45) is 5.28. The number of rotatable bonds is 3. The molecule has 1 aromatic carbocycles. The third-order valence-electron chi connectivity index (χ3n) is 4.31. The Morgan fingerprint density at radius 2 is 1.85 bits per heavy atom. The fourth-order valence-corrected chi connectivity index (χ4v) is 2.82. The summed E-state index contributed by atoms with van der Waals surface area (Å²) in [5, 5.41) is 0. The molecule has 0 spiro atoms.